The molecule has 0 aliphatic heterocycles. The molecule has 10 nitrogen and oxygen atoms in total. The lowest BCUT2D eigenvalue weighted by molar-refractivity contribution is -0.233. The van der Waals surface area contributed by atoms with Crippen molar-refractivity contribution >= 4 is 35.3 Å². The Morgan fingerprint density at radius 1 is 0.897 bits per heavy atom. The Kier molecular flexibility index (Phi) is 11.6. The zero-order valence-electron chi connectivity index (χ0n) is 36.7. The average Bonchev–Trinajstić information content (AvgIpc) is 3.45. The van der Waals surface area contributed by atoms with Gasteiger partial charge in [-0.1, -0.05) is 78.8 Å². The fraction of sp³-hybridized carbons (Fsp3) is 0.708. The van der Waals surface area contributed by atoms with E-state index in [1.807, 2.05) is 30.3 Å². The number of aliphatic carboxylic acids is 1. The third-order valence-electron chi connectivity index (χ3n) is 16.7. The molecule has 0 spiro atoms. The smallest absolute Gasteiger partial charge is 0.309 e. The Morgan fingerprint density at radius 2 is 1.57 bits per heavy atom. The summed E-state index contributed by atoms with van der Waals surface area (Å²) in [4.78, 5) is 81.3. The summed E-state index contributed by atoms with van der Waals surface area (Å²) in [6, 6.07) is 9.55. The third kappa shape index (κ3) is 7.16. The van der Waals surface area contributed by atoms with Gasteiger partial charge in [-0.25, -0.2) is 0 Å². The van der Waals surface area contributed by atoms with E-state index in [1.165, 1.54) is 6.92 Å². The SMILES string of the molecule is CC(=O)NCC(=O)N(CC(=O)C12CCC3(C)C(CCC4C5(C)CCC(OC(=O)CC(C)(C)C(=O)O)C(C)(C)C5CCC43C)C1=C(C(C)C)C(=O)C2)Cc1ccccc1. The second kappa shape index (κ2) is 15.3. The minimum atomic E-state index is -1.20. The predicted molar refractivity (Wildman–Crippen MR) is 221 cm³/mol. The van der Waals surface area contributed by atoms with Crippen molar-refractivity contribution in [3.63, 3.8) is 0 Å². The van der Waals surface area contributed by atoms with E-state index in [0.717, 1.165) is 61.7 Å². The molecule has 0 heterocycles. The number of esters is 1. The molecular weight excluding hydrogens is 733 g/mol. The van der Waals surface area contributed by atoms with Gasteiger partial charge < -0.3 is 20.1 Å². The molecule has 8 atom stereocenters. The van der Waals surface area contributed by atoms with Crippen molar-refractivity contribution in [2.75, 3.05) is 13.1 Å². The lowest BCUT2D eigenvalue weighted by Crippen LogP contribution is -2.66. The molecule has 2 N–H and O–H groups in total. The fourth-order valence-corrected chi connectivity index (χ4v) is 13.5. The van der Waals surface area contributed by atoms with Gasteiger partial charge in [-0.05, 0) is 122 Å². The van der Waals surface area contributed by atoms with E-state index in [4.69, 9.17) is 4.74 Å². The molecule has 0 aromatic heterocycles. The first kappa shape index (κ1) is 43.8. The molecule has 58 heavy (non-hydrogen) atoms. The molecule has 0 radical (unpaired) electrons. The quantitative estimate of drug-likeness (QED) is 0.202. The molecule has 5 aliphatic carbocycles. The molecule has 0 bridgehead atoms. The standard InChI is InChI=1S/C48H68N2O8/c1-29(2)40-33(52)24-48(36(53)28-50(38(54)26-49-30(3)51)27-31-14-12-11-13-15-31)23-22-46(9)32(41(40)48)16-17-35-45(8)20-19-37(58-39(55)25-43(4,5)42(56)57)44(6,7)34(45)18-21-47(35,46)10/h11-15,29,32,34-35,37H,16-28H2,1-10H3,(H,49,51)(H,56,57). The molecule has 10 heteroatoms. The topological polar surface area (TPSA) is 147 Å². The summed E-state index contributed by atoms with van der Waals surface area (Å²) in [5.41, 5.74) is 0.0107. The average molecular weight is 801 g/mol. The van der Waals surface area contributed by atoms with Crippen molar-refractivity contribution in [1.82, 2.24) is 10.2 Å². The van der Waals surface area contributed by atoms with Crippen LogP contribution in [0.25, 0.3) is 0 Å². The number of ketones is 2. The molecule has 4 saturated carbocycles. The summed E-state index contributed by atoms with van der Waals surface area (Å²) in [6.45, 7) is 20.4. The predicted octanol–water partition coefficient (Wildman–Crippen LogP) is 8.11. The van der Waals surface area contributed by atoms with Gasteiger partial charge in [0.05, 0.1) is 30.3 Å². The Labute approximate surface area is 345 Å². The van der Waals surface area contributed by atoms with Crippen LogP contribution in [0.4, 0.5) is 0 Å². The van der Waals surface area contributed by atoms with Gasteiger partial charge in [-0.2, -0.15) is 0 Å². The van der Waals surface area contributed by atoms with Crippen molar-refractivity contribution in [2.24, 2.45) is 56.2 Å². The zero-order valence-corrected chi connectivity index (χ0v) is 36.7. The monoisotopic (exact) mass is 800 g/mol. The molecule has 5 aliphatic rings. The highest BCUT2D eigenvalue weighted by molar-refractivity contribution is 6.08. The van der Waals surface area contributed by atoms with Gasteiger partial charge in [0.1, 0.15) is 6.10 Å². The van der Waals surface area contributed by atoms with Gasteiger partial charge >= 0.3 is 11.9 Å². The van der Waals surface area contributed by atoms with Crippen LogP contribution in [0.3, 0.4) is 0 Å². The summed E-state index contributed by atoms with van der Waals surface area (Å²) in [5.74, 6) is -1.45. The van der Waals surface area contributed by atoms with Crippen LogP contribution in [-0.2, 0) is 40.0 Å². The van der Waals surface area contributed by atoms with Gasteiger partial charge in [-0.3, -0.25) is 28.8 Å². The molecule has 318 valence electrons. The lowest BCUT2D eigenvalue weighted by atomic mass is 9.33. The van der Waals surface area contributed by atoms with Crippen LogP contribution in [0.5, 0.6) is 0 Å². The van der Waals surface area contributed by atoms with E-state index < -0.39 is 22.8 Å². The molecule has 8 unspecified atom stereocenters. The Bertz CT molecular complexity index is 1880. The molecular formula is C48H68N2O8. The number of fused-ring (bicyclic) bond motifs is 7. The Morgan fingerprint density at radius 3 is 2.19 bits per heavy atom. The van der Waals surface area contributed by atoms with Crippen LogP contribution in [-0.4, -0.2) is 64.5 Å². The Hall–Kier alpha value is -3.82. The summed E-state index contributed by atoms with van der Waals surface area (Å²) in [7, 11) is 0. The number of allylic oxidation sites excluding steroid dienone is 2. The number of carboxylic acids is 1. The summed E-state index contributed by atoms with van der Waals surface area (Å²) in [5, 5.41) is 12.3. The summed E-state index contributed by atoms with van der Waals surface area (Å²) < 4.78 is 6.16. The number of hydrogen-bond donors (Lipinski definition) is 2. The number of hydrogen-bond acceptors (Lipinski definition) is 7. The number of carbonyl (C=O) groups is 6. The van der Waals surface area contributed by atoms with Crippen LogP contribution in [0.2, 0.25) is 0 Å². The molecule has 6 rings (SSSR count). The number of Topliss-reactive ketones (excluding diaryl/α,β-unsaturated/α-hetero) is 2. The van der Waals surface area contributed by atoms with Crippen molar-refractivity contribution < 1.29 is 38.6 Å². The number of nitrogens with zero attached hydrogens (tertiary/aromatic N) is 1. The normalized spacial score (nSPS) is 33.9. The summed E-state index contributed by atoms with van der Waals surface area (Å²) >= 11 is 0. The van der Waals surface area contributed by atoms with E-state index in [0.29, 0.717) is 18.3 Å². The van der Waals surface area contributed by atoms with E-state index >= 15 is 4.79 Å². The minimum absolute atomic E-state index is 0.0228. The number of nitrogens with one attached hydrogen (secondary N) is 1. The first-order valence-corrected chi connectivity index (χ1v) is 21.7. The van der Waals surface area contributed by atoms with Crippen molar-refractivity contribution in [3.05, 3.63) is 47.0 Å². The van der Waals surface area contributed by atoms with E-state index in [9.17, 15) is 29.1 Å². The van der Waals surface area contributed by atoms with E-state index in [1.54, 1.807) is 18.7 Å². The molecule has 2 amide bonds. The van der Waals surface area contributed by atoms with Gasteiger partial charge in [0.25, 0.3) is 0 Å². The van der Waals surface area contributed by atoms with E-state index in [-0.39, 0.29) is 95.5 Å². The number of benzene rings is 1. The maximum absolute atomic E-state index is 15.1. The first-order valence-electron chi connectivity index (χ1n) is 21.7. The lowest BCUT2D eigenvalue weighted by Gasteiger charge is -2.72. The Balaban J connectivity index is 1.30. The van der Waals surface area contributed by atoms with Gasteiger partial charge in [0.15, 0.2) is 11.6 Å². The van der Waals surface area contributed by atoms with Crippen LogP contribution in [0.15, 0.2) is 41.5 Å². The number of rotatable bonds is 12. The van der Waals surface area contributed by atoms with Crippen LogP contribution < -0.4 is 5.32 Å². The van der Waals surface area contributed by atoms with Crippen molar-refractivity contribution in [3.8, 4) is 0 Å². The third-order valence-corrected chi connectivity index (χ3v) is 16.7. The highest BCUT2D eigenvalue weighted by Gasteiger charge is 2.71. The highest BCUT2D eigenvalue weighted by Crippen LogP contribution is 2.77. The molecule has 4 fully saturated rings. The van der Waals surface area contributed by atoms with Crippen LogP contribution >= 0.6 is 0 Å². The van der Waals surface area contributed by atoms with Gasteiger partial charge in [0, 0.05) is 25.3 Å². The van der Waals surface area contributed by atoms with Crippen LogP contribution in [0.1, 0.15) is 139 Å². The first-order chi connectivity index (χ1) is 26.9. The number of carboxylic acid groups (broad SMARTS) is 1. The zero-order chi connectivity index (χ0) is 42.8. The largest absolute Gasteiger partial charge is 0.481 e. The maximum Gasteiger partial charge on any atom is 0.309 e. The van der Waals surface area contributed by atoms with Gasteiger partial charge in [0.2, 0.25) is 11.8 Å². The highest BCUT2D eigenvalue weighted by atomic mass is 16.5. The van der Waals surface area contributed by atoms with Gasteiger partial charge in [-0.15, -0.1) is 0 Å². The number of ether oxygens (including phenoxy) is 1. The fourth-order valence-electron chi connectivity index (χ4n) is 13.5. The molecule has 0 saturated heterocycles. The van der Waals surface area contributed by atoms with Crippen LogP contribution in [0, 0.1) is 56.2 Å². The molecule has 1 aromatic rings. The number of carbonyl (C=O) groups excluding carboxylic acids is 5. The van der Waals surface area contributed by atoms with E-state index in [2.05, 4.69) is 53.8 Å². The van der Waals surface area contributed by atoms with Crippen molar-refractivity contribution in [1.29, 1.82) is 0 Å². The second-order valence-corrected chi connectivity index (χ2v) is 21.1. The second-order valence-electron chi connectivity index (χ2n) is 21.1. The summed E-state index contributed by atoms with van der Waals surface area (Å²) in [6.07, 6.45) is 6.50. The molecule has 1 aromatic carbocycles. The number of amides is 2. The van der Waals surface area contributed by atoms with Crippen molar-refractivity contribution in [2.45, 2.75) is 146 Å². The maximum atomic E-state index is 15.1. The minimum Gasteiger partial charge on any atom is -0.481 e.